The number of carbonyl (C=O) groups is 4. The summed E-state index contributed by atoms with van der Waals surface area (Å²) in [7, 11) is 0.290. The number of carbonyl (C=O) groups excluding carboxylic acids is 4. The highest BCUT2D eigenvalue weighted by Crippen LogP contribution is 2.43. The third kappa shape index (κ3) is 32.3. The maximum absolute atomic E-state index is 10.5. The minimum absolute atomic E-state index is 0.145. The smallest absolute Gasteiger partial charge is 0.119 e. The van der Waals surface area contributed by atoms with Gasteiger partial charge in [-0.2, -0.15) is 0 Å². The van der Waals surface area contributed by atoms with Crippen LogP contribution in [0.25, 0.3) is 0 Å². The Hall–Kier alpha value is -0.460. The van der Waals surface area contributed by atoms with Crippen molar-refractivity contribution in [2.75, 3.05) is 37.0 Å². The minimum atomic E-state index is 0.145. The molecule has 6 heteroatoms. The second-order valence-electron chi connectivity index (χ2n) is 11.9. The minimum Gasteiger partial charge on any atom is -0.303 e. The van der Waals surface area contributed by atoms with Crippen LogP contribution in [-0.4, -0.2) is 62.1 Å². The molecule has 0 heterocycles. The number of unbranched alkanes of at least 4 members (excludes halogenated alkanes) is 20. The molecule has 0 atom stereocenters. The summed E-state index contributed by atoms with van der Waals surface area (Å²) < 4.78 is 0. The van der Waals surface area contributed by atoms with Crippen LogP contribution >= 0.6 is 15.8 Å². The summed E-state index contributed by atoms with van der Waals surface area (Å²) in [6, 6.07) is 0. The molecule has 0 radical (unpaired) electrons. The van der Waals surface area contributed by atoms with Gasteiger partial charge in [0, 0.05) is 25.7 Å². The van der Waals surface area contributed by atoms with Crippen LogP contribution in [0.4, 0.5) is 0 Å². The standard InChI is InChI=1S/C35H66O4P2/c36-26-17-9-1-5-13-21-30-40(31-22-14-6-2-10-18-27-37)34-25-35-41(32-23-15-7-3-11-19-28-38)33-24-16-8-4-12-20-29-39/h26-29H,1-25,30-35H2. The molecular formula is C35H66O4P2. The zero-order valence-corrected chi connectivity index (χ0v) is 28.5. The summed E-state index contributed by atoms with van der Waals surface area (Å²) in [5, 5.41) is 0. The third-order valence-corrected chi connectivity index (χ3v) is 13.8. The summed E-state index contributed by atoms with van der Waals surface area (Å²) in [6.07, 6.45) is 42.2. The Balaban J connectivity index is 4.53. The van der Waals surface area contributed by atoms with E-state index in [1.807, 2.05) is 0 Å². The Kier molecular flexibility index (Phi) is 35.3. The molecule has 0 unspecified atom stereocenters. The van der Waals surface area contributed by atoms with E-state index in [1.165, 1.54) is 146 Å². The fourth-order valence-corrected chi connectivity index (χ4v) is 11.0. The number of hydrogen-bond acceptors (Lipinski definition) is 4. The molecule has 0 bridgehead atoms. The molecule has 0 aliphatic rings. The lowest BCUT2D eigenvalue weighted by Gasteiger charge is -2.22. The third-order valence-electron chi connectivity index (χ3n) is 8.13. The van der Waals surface area contributed by atoms with Gasteiger partial charge in [0.05, 0.1) is 0 Å². The van der Waals surface area contributed by atoms with Crippen LogP contribution in [0.15, 0.2) is 0 Å². The van der Waals surface area contributed by atoms with Gasteiger partial charge in [0.1, 0.15) is 25.1 Å². The molecule has 0 aromatic heterocycles. The van der Waals surface area contributed by atoms with Gasteiger partial charge in [-0.05, 0) is 94.8 Å². The molecule has 0 N–H and O–H groups in total. The molecule has 240 valence electrons. The van der Waals surface area contributed by atoms with Crippen molar-refractivity contribution in [2.45, 2.75) is 161 Å². The average Bonchev–Trinajstić information content (AvgIpc) is 2.98. The van der Waals surface area contributed by atoms with Crippen molar-refractivity contribution < 1.29 is 19.2 Å². The van der Waals surface area contributed by atoms with E-state index < -0.39 is 0 Å². The van der Waals surface area contributed by atoms with Crippen molar-refractivity contribution in [1.82, 2.24) is 0 Å². The Morgan fingerprint density at radius 3 is 0.683 bits per heavy atom. The lowest BCUT2D eigenvalue weighted by atomic mass is 10.1. The summed E-state index contributed by atoms with van der Waals surface area (Å²) in [5.74, 6) is 0. The predicted molar refractivity (Wildman–Crippen MR) is 183 cm³/mol. The van der Waals surface area contributed by atoms with Gasteiger partial charge in [-0.15, -0.1) is 15.8 Å². The van der Waals surface area contributed by atoms with Gasteiger partial charge in [0.15, 0.2) is 0 Å². The van der Waals surface area contributed by atoms with Gasteiger partial charge < -0.3 is 19.2 Å². The molecule has 0 aliphatic carbocycles. The van der Waals surface area contributed by atoms with Crippen LogP contribution in [0.3, 0.4) is 0 Å². The van der Waals surface area contributed by atoms with Crippen molar-refractivity contribution in [1.29, 1.82) is 0 Å². The zero-order valence-electron chi connectivity index (χ0n) is 26.8. The molecule has 0 saturated heterocycles. The van der Waals surface area contributed by atoms with Gasteiger partial charge in [0.2, 0.25) is 0 Å². The normalized spacial score (nSPS) is 11.4. The molecule has 41 heavy (non-hydrogen) atoms. The summed E-state index contributed by atoms with van der Waals surface area (Å²) in [5.41, 5.74) is 0. The molecular weight excluding hydrogens is 546 g/mol. The second-order valence-corrected chi connectivity index (χ2v) is 17.3. The maximum Gasteiger partial charge on any atom is 0.119 e. The van der Waals surface area contributed by atoms with Crippen LogP contribution in [0.1, 0.15) is 161 Å². The fourth-order valence-electron chi connectivity index (χ4n) is 5.56. The van der Waals surface area contributed by atoms with Crippen LogP contribution in [0, 0.1) is 0 Å². The lowest BCUT2D eigenvalue weighted by molar-refractivity contribution is -0.108. The number of hydrogen-bond donors (Lipinski definition) is 0. The van der Waals surface area contributed by atoms with E-state index in [2.05, 4.69) is 0 Å². The highest BCUT2D eigenvalue weighted by atomic mass is 31.1. The molecule has 0 amide bonds. The summed E-state index contributed by atoms with van der Waals surface area (Å²) in [4.78, 5) is 42.2. The van der Waals surface area contributed by atoms with Crippen LogP contribution in [0.2, 0.25) is 0 Å². The topological polar surface area (TPSA) is 68.3 Å². The Labute approximate surface area is 257 Å². The van der Waals surface area contributed by atoms with Gasteiger partial charge in [-0.3, -0.25) is 0 Å². The zero-order chi connectivity index (χ0) is 29.9. The van der Waals surface area contributed by atoms with Crippen molar-refractivity contribution >= 4 is 41.0 Å². The van der Waals surface area contributed by atoms with E-state index in [4.69, 9.17) is 0 Å². The molecule has 0 aromatic rings. The fraction of sp³-hybridized carbons (Fsp3) is 0.886. The molecule has 0 aromatic carbocycles. The average molecular weight is 613 g/mol. The maximum atomic E-state index is 10.5. The number of aldehydes is 4. The first-order chi connectivity index (χ1) is 20.3. The van der Waals surface area contributed by atoms with E-state index >= 15 is 0 Å². The van der Waals surface area contributed by atoms with Crippen molar-refractivity contribution in [2.24, 2.45) is 0 Å². The van der Waals surface area contributed by atoms with Crippen molar-refractivity contribution in [3.63, 3.8) is 0 Å². The SMILES string of the molecule is O=CCCCCCCCP(CCCCCCCC=O)CCCP(CCCCCCCC=O)CCCCCCCC=O. The molecule has 0 aliphatic heterocycles. The van der Waals surface area contributed by atoms with Crippen LogP contribution in [0.5, 0.6) is 0 Å². The molecule has 0 rings (SSSR count). The van der Waals surface area contributed by atoms with Gasteiger partial charge in [-0.1, -0.05) is 77.0 Å². The Morgan fingerprint density at radius 1 is 0.244 bits per heavy atom. The summed E-state index contributed by atoms with van der Waals surface area (Å²) >= 11 is 0. The van der Waals surface area contributed by atoms with E-state index in [-0.39, 0.29) is 15.8 Å². The van der Waals surface area contributed by atoms with E-state index in [0.29, 0.717) is 0 Å². The van der Waals surface area contributed by atoms with Crippen molar-refractivity contribution in [3.8, 4) is 0 Å². The first-order valence-corrected chi connectivity index (χ1v) is 21.3. The Bertz CT molecular complexity index is 480. The van der Waals surface area contributed by atoms with Gasteiger partial charge in [0.25, 0.3) is 0 Å². The highest BCUT2D eigenvalue weighted by molar-refractivity contribution is 7.58. The van der Waals surface area contributed by atoms with Gasteiger partial charge >= 0.3 is 0 Å². The molecule has 0 fully saturated rings. The van der Waals surface area contributed by atoms with E-state index in [9.17, 15) is 19.2 Å². The van der Waals surface area contributed by atoms with Crippen LogP contribution in [-0.2, 0) is 19.2 Å². The van der Waals surface area contributed by atoms with E-state index in [0.717, 1.165) is 76.5 Å². The first kappa shape index (κ1) is 40.5. The van der Waals surface area contributed by atoms with Crippen molar-refractivity contribution in [3.05, 3.63) is 0 Å². The lowest BCUT2D eigenvalue weighted by Crippen LogP contribution is -2.02. The largest absolute Gasteiger partial charge is 0.303 e. The van der Waals surface area contributed by atoms with Crippen LogP contribution < -0.4 is 0 Å². The number of rotatable bonds is 36. The molecule has 4 nitrogen and oxygen atoms in total. The summed E-state index contributed by atoms with van der Waals surface area (Å²) in [6.45, 7) is 0. The second kappa shape index (κ2) is 35.7. The molecule has 0 spiro atoms. The quantitative estimate of drug-likeness (QED) is 0.0401. The Morgan fingerprint density at radius 2 is 0.439 bits per heavy atom. The van der Waals surface area contributed by atoms with E-state index in [1.54, 1.807) is 0 Å². The monoisotopic (exact) mass is 612 g/mol. The van der Waals surface area contributed by atoms with Gasteiger partial charge in [-0.25, -0.2) is 0 Å². The highest BCUT2D eigenvalue weighted by Gasteiger charge is 2.12. The predicted octanol–water partition coefficient (Wildman–Crippen LogP) is 10.5. The molecule has 0 saturated carbocycles. The first-order valence-electron chi connectivity index (χ1n) is 17.5.